The number of piperazine rings is 1. The van der Waals surface area contributed by atoms with Crippen LogP contribution in [0.25, 0.3) is 10.8 Å². The monoisotopic (exact) mass is 585 g/mol. The maximum atomic E-state index is 13.6. The fraction of sp³-hybridized carbons (Fsp3) is 0.312. The van der Waals surface area contributed by atoms with E-state index in [-0.39, 0.29) is 12.6 Å². The van der Waals surface area contributed by atoms with E-state index >= 15 is 0 Å². The molecule has 5 rings (SSSR count). The molecule has 1 aromatic heterocycles. The highest BCUT2D eigenvalue weighted by Gasteiger charge is 2.39. The van der Waals surface area contributed by atoms with E-state index in [0.29, 0.717) is 31.6 Å². The molecule has 10 heteroatoms. The van der Waals surface area contributed by atoms with Gasteiger partial charge in [-0.15, -0.1) is 0 Å². The van der Waals surface area contributed by atoms with E-state index in [0.717, 1.165) is 41.3 Å². The van der Waals surface area contributed by atoms with Crippen LogP contribution in [0.2, 0.25) is 0 Å². The topological polar surface area (TPSA) is 36.4 Å². The minimum absolute atomic E-state index is 0.0452. The second-order valence-corrected chi connectivity index (χ2v) is 10.6. The third kappa shape index (κ3) is 7.10. The lowest BCUT2D eigenvalue weighted by molar-refractivity contribution is -0.143. The summed E-state index contributed by atoms with van der Waals surface area (Å²) in [6.45, 7) is 1.81. The zero-order chi connectivity index (χ0) is 29.9. The van der Waals surface area contributed by atoms with E-state index in [1.165, 1.54) is 4.90 Å². The first-order valence-corrected chi connectivity index (χ1v) is 13.7. The highest BCUT2D eigenvalue weighted by molar-refractivity contribution is 5.95. The Labute approximate surface area is 239 Å². The zero-order valence-electron chi connectivity index (χ0n) is 22.6. The number of rotatable bonds is 7. The largest absolute Gasteiger partial charge is 0.416 e. The van der Waals surface area contributed by atoms with Gasteiger partial charge in [-0.05, 0) is 72.0 Å². The van der Waals surface area contributed by atoms with Crippen LogP contribution in [0.4, 0.5) is 26.3 Å². The summed E-state index contributed by atoms with van der Waals surface area (Å²) < 4.78 is 81.1. The quantitative estimate of drug-likeness (QED) is 0.214. The molecule has 1 fully saturated rings. The standard InChI is InChI=1S/C32H29F6N3O/c33-31(34,35)27-17-26(18-28(19-27)32(36,37)38)30(42)41-14-13-40(12-4-6-22-5-3-11-39-20-22)21-29(41)16-23-9-10-24-7-1-2-8-25(24)15-23/h1-3,5,7-11,15,17-20,29H,4,6,12-14,16,21H2/t29-/m1/s1. The van der Waals surface area contributed by atoms with Gasteiger partial charge < -0.3 is 4.90 Å². The summed E-state index contributed by atoms with van der Waals surface area (Å²) in [6, 6.07) is 18.2. The summed E-state index contributed by atoms with van der Waals surface area (Å²) in [6.07, 6.45) is -4.50. The van der Waals surface area contributed by atoms with Crippen LogP contribution < -0.4 is 0 Å². The first kappa shape index (κ1) is 29.6. The van der Waals surface area contributed by atoms with Crippen LogP contribution in [-0.2, 0) is 25.2 Å². The molecule has 1 saturated heterocycles. The Morgan fingerprint density at radius 2 is 1.52 bits per heavy atom. The molecule has 1 aliphatic rings. The lowest BCUT2D eigenvalue weighted by Gasteiger charge is -2.42. The average molecular weight is 586 g/mol. The van der Waals surface area contributed by atoms with Crippen LogP contribution in [-0.4, -0.2) is 52.9 Å². The Morgan fingerprint density at radius 3 is 2.19 bits per heavy atom. The van der Waals surface area contributed by atoms with Crippen molar-refractivity contribution in [3.05, 3.63) is 113 Å². The number of alkyl halides is 6. The minimum Gasteiger partial charge on any atom is -0.333 e. The number of aryl methyl sites for hydroxylation is 1. The Kier molecular flexibility index (Phi) is 8.54. The third-order valence-electron chi connectivity index (χ3n) is 7.61. The number of amides is 1. The number of halogens is 6. The normalized spacial score (nSPS) is 16.6. The van der Waals surface area contributed by atoms with Crippen molar-refractivity contribution in [1.82, 2.24) is 14.8 Å². The number of carbonyl (C=O) groups excluding carboxylic acids is 1. The molecule has 4 nitrogen and oxygen atoms in total. The Hall–Kier alpha value is -3.92. The molecule has 42 heavy (non-hydrogen) atoms. The molecule has 3 aromatic carbocycles. The maximum absolute atomic E-state index is 13.6. The van der Waals surface area contributed by atoms with Crippen LogP contribution >= 0.6 is 0 Å². The molecule has 4 aromatic rings. The van der Waals surface area contributed by atoms with Crippen LogP contribution in [0.5, 0.6) is 0 Å². The molecule has 0 aliphatic carbocycles. The molecule has 0 spiro atoms. The van der Waals surface area contributed by atoms with Crippen LogP contribution in [0.1, 0.15) is 39.0 Å². The number of carbonyl (C=O) groups is 1. The summed E-state index contributed by atoms with van der Waals surface area (Å²) >= 11 is 0. The van der Waals surface area contributed by atoms with Crippen LogP contribution in [0.15, 0.2) is 85.2 Å². The molecule has 1 aliphatic heterocycles. The van der Waals surface area contributed by atoms with Crippen molar-refractivity contribution in [2.45, 2.75) is 37.7 Å². The van der Waals surface area contributed by atoms with Gasteiger partial charge in [0, 0.05) is 43.6 Å². The van der Waals surface area contributed by atoms with Gasteiger partial charge in [-0.2, -0.15) is 26.3 Å². The third-order valence-corrected chi connectivity index (χ3v) is 7.61. The lowest BCUT2D eigenvalue weighted by Crippen LogP contribution is -2.56. The fourth-order valence-corrected chi connectivity index (χ4v) is 5.50. The summed E-state index contributed by atoms with van der Waals surface area (Å²) in [5.41, 5.74) is -1.59. The van der Waals surface area contributed by atoms with Crippen LogP contribution in [0, 0.1) is 0 Å². The van der Waals surface area contributed by atoms with E-state index in [2.05, 4.69) is 9.88 Å². The summed E-state index contributed by atoms with van der Waals surface area (Å²) in [4.78, 5) is 21.4. The van der Waals surface area contributed by atoms with Crippen molar-refractivity contribution in [2.75, 3.05) is 26.2 Å². The zero-order valence-corrected chi connectivity index (χ0v) is 22.6. The first-order valence-electron chi connectivity index (χ1n) is 13.7. The van der Waals surface area contributed by atoms with Crippen molar-refractivity contribution < 1.29 is 31.1 Å². The molecule has 1 atom stereocenters. The van der Waals surface area contributed by atoms with E-state index in [1.54, 1.807) is 6.20 Å². The molecule has 0 N–H and O–H groups in total. The van der Waals surface area contributed by atoms with Gasteiger partial charge >= 0.3 is 12.4 Å². The van der Waals surface area contributed by atoms with Gasteiger partial charge in [0.05, 0.1) is 11.1 Å². The number of aromatic nitrogens is 1. The van der Waals surface area contributed by atoms with E-state index in [9.17, 15) is 31.1 Å². The van der Waals surface area contributed by atoms with E-state index in [4.69, 9.17) is 0 Å². The van der Waals surface area contributed by atoms with Crippen molar-refractivity contribution in [3.8, 4) is 0 Å². The van der Waals surface area contributed by atoms with Crippen LogP contribution in [0.3, 0.4) is 0 Å². The van der Waals surface area contributed by atoms with E-state index in [1.807, 2.05) is 60.8 Å². The first-order chi connectivity index (χ1) is 20.0. The second-order valence-electron chi connectivity index (χ2n) is 10.6. The number of pyridine rings is 1. The summed E-state index contributed by atoms with van der Waals surface area (Å²) in [5, 5.41) is 2.04. The number of benzene rings is 3. The molecule has 0 bridgehead atoms. The maximum Gasteiger partial charge on any atom is 0.416 e. The number of fused-ring (bicyclic) bond motifs is 1. The molecule has 1 amide bonds. The van der Waals surface area contributed by atoms with Gasteiger partial charge in [0.2, 0.25) is 0 Å². The average Bonchev–Trinajstić information content (AvgIpc) is 2.96. The van der Waals surface area contributed by atoms with Gasteiger partial charge in [-0.3, -0.25) is 14.7 Å². The van der Waals surface area contributed by atoms with Crippen molar-refractivity contribution in [2.24, 2.45) is 0 Å². The molecule has 220 valence electrons. The van der Waals surface area contributed by atoms with Gasteiger partial charge in [0.15, 0.2) is 0 Å². The number of hydrogen-bond acceptors (Lipinski definition) is 3. The Morgan fingerprint density at radius 1 is 0.810 bits per heavy atom. The molecule has 0 saturated carbocycles. The molecule has 2 heterocycles. The highest BCUT2D eigenvalue weighted by Crippen LogP contribution is 2.37. The summed E-state index contributed by atoms with van der Waals surface area (Å²) in [7, 11) is 0. The molecule has 0 unspecified atom stereocenters. The minimum atomic E-state index is -5.03. The smallest absolute Gasteiger partial charge is 0.333 e. The SMILES string of the molecule is O=C(c1cc(C(F)(F)F)cc(C(F)(F)F)c1)N1CCN(CCCc2cccnc2)C[C@H]1Cc1ccc2ccccc2c1. The predicted octanol–water partition coefficient (Wildman–Crippen LogP) is 7.27. The number of nitrogens with zero attached hydrogens (tertiary/aromatic N) is 3. The Bertz CT molecular complexity index is 1500. The number of hydrogen-bond donors (Lipinski definition) is 0. The van der Waals surface area contributed by atoms with Crippen molar-refractivity contribution in [1.29, 1.82) is 0 Å². The van der Waals surface area contributed by atoms with Crippen molar-refractivity contribution in [3.63, 3.8) is 0 Å². The Balaban J connectivity index is 1.41. The molecular weight excluding hydrogens is 556 g/mol. The summed E-state index contributed by atoms with van der Waals surface area (Å²) in [5.74, 6) is -0.840. The van der Waals surface area contributed by atoms with Crippen molar-refractivity contribution >= 4 is 16.7 Å². The van der Waals surface area contributed by atoms with Gasteiger partial charge in [-0.25, -0.2) is 0 Å². The fourth-order valence-electron chi connectivity index (χ4n) is 5.50. The second kappa shape index (κ2) is 12.1. The van der Waals surface area contributed by atoms with Gasteiger partial charge in [0.25, 0.3) is 5.91 Å². The predicted molar refractivity (Wildman–Crippen MR) is 148 cm³/mol. The molecule has 0 radical (unpaired) electrons. The lowest BCUT2D eigenvalue weighted by atomic mass is 9.97. The van der Waals surface area contributed by atoms with Gasteiger partial charge in [0.1, 0.15) is 0 Å². The van der Waals surface area contributed by atoms with E-state index < -0.39 is 41.0 Å². The molecular formula is C32H29F6N3O. The van der Waals surface area contributed by atoms with Gasteiger partial charge in [-0.1, -0.05) is 48.5 Å². The highest BCUT2D eigenvalue weighted by atomic mass is 19.4.